The van der Waals surface area contributed by atoms with Crippen molar-refractivity contribution in [1.29, 1.82) is 0 Å². The van der Waals surface area contributed by atoms with Gasteiger partial charge in [-0.15, -0.1) is 0 Å². The molecule has 3 saturated heterocycles. The van der Waals surface area contributed by atoms with Gasteiger partial charge in [0.05, 0.1) is 0 Å². The summed E-state index contributed by atoms with van der Waals surface area (Å²) in [6.45, 7) is 9.10. The molecule has 24 heavy (non-hydrogen) atoms. The number of fused-ring (bicyclic) bond motifs is 3. The fourth-order valence-electron chi connectivity index (χ4n) is 4.17. The van der Waals surface area contributed by atoms with Crippen LogP contribution in [0.15, 0.2) is 30.6 Å². The van der Waals surface area contributed by atoms with Gasteiger partial charge in [0.25, 0.3) is 0 Å². The van der Waals surface area contributed by atoms with Crippen LogP contribution in [0.5, 0.6) is 0 Å². The Hall–Kier alpha value is -1.94. The van der Waals surface area contributed by atoms with Crippen molar-refractivity contribution in [3.63, 3.8) is 0 Å². The zero-order valence-corrected chi connectivity index (χ0v) is 14.8. The van der Waals surface area contributed by atoms with Gasteiger partial charge in [0.2, 0.25) is 5.95 Å². The Balaban J connectivity index is 1.50. The molecule has 2 unspecified atom stereocenters. The molecule has 0 aliphatic carbocycles. The number of rotatable bonds is 3. The Bertz CT molecular complexity index is 715. The van der Waals surface area contributed by atoms with Crippen molar-refractivity contribution in [3.05, 3.63) is 41.7 Å². The fourth-order valence-corrected chi connectivity index (χ4v) is 4.17. The van der Waals surface area contributed by atoms with Crippen molar-refractivity contribution in [1.82, 2.24) is 14.9 Å². The number of nitrogens with one attached hydrogen (secondary N) is 1. The SMILES string of the molecule is Cc1ccc(-c2cnc(NC3C4CCN(CC4)C3C)nc2)cc1C. The van der Waals surface area contributed by atoms with E-state index >= 15 is 0 Å². The van der Waals surface area contributed by atoms with Crippen molar-refractivity contribution < 1.29 is 0 Å². The molecule has 126 valence electrons. The molecule has 5 rings (SSSR count). The molecule has 1 aromatic carbocycles. The van der Waals surface area contributed by atoms with Crippen LogP contribution in [0.25, 0.3) is 11.1 Å². The van der Waals surface area contributed by atoms with E-state index in [9.17, 15) is 0 Å². The van der Waals surface area contributed by atoms with Gasteiger partial charge in [0.1, 0.15) is 0 Å². The molecule has 1 N–H and O–H groups in total. The second-order valence-electron chi connectivity index (χ2n) is 7.38. The van der Waals surface area contributed by atoms with Crippen LogP contribution >= 0.6 is 0 Å². The summed E-state index contributed by atoms with van der Waals surface area (Å²) in [7, 11) is 0. The van der Waals surface area contributed by atoms with Gasteiger partial charge in [0.15, 0.2) is 0 Å². The predicted molar refractivity (Wildman–Crippen MR) is 98.1 cm³/mol. The van der Waals surface area contributed by atoms with Crippen LogP contribution in [0.1, 0.15) is 30.9 Å². The molecule has 0 spiro atoms. The van der Waals surface area contributed by atoms with Crippen LogP contribution in [0.2, 0.25) is 0 Å². The van der Waals surface area contributed by atoms with Crippen molar-refractivity contribution in [2.75, 3.05) is 18.4 Å². The number of benzene rings is 1. The molecule has 1 aromatic heterocycles. The lowest BCUT2D eigenvalue weighted by Crippen LogP contribution is -2.59. The lowest BCUT2D eigenvalue weighted by atomic mass is 9.79. The van der Waals surface area contributed by atoms with Crippen molar-refractivity contribution >= 4 is 5.95 Å². The number of nitrogens with zero attached hydrogens (tertiary/aromatic N) is 3. The Kier molecular flexibility index (Phi) is 4.01. The molecule has 4 heteroatoms. The molecule has 0 saturated carbocycles. The summed E-state index contributed by atoms with van der Waals surface area (Å²) < 4.78 is 0. The van der Waals surface area contributed by atoms with Crippen molar-refractivity contribution in [2.45, 2.75) is 45.7 Å². The molecule has 0 radical (unpaired) electrons. The van der Waals surface area contributed by atoms with Crippen LogP contribution in [0, 0.1) is 19.8 Å². The minimum Gasteiger partial charge on any atom is -0.350 e. The minimum absolute atomic E-state index is 0.472. The van der Waals surface area contributed by atoms with Gasteiger partial charge in [-0.1, -0.05) is 18.2 Å². The summed E-state index contributed by atoms with van der Waals surface area (Å²) >= 11 is 0. The number of piperidine rings is 3. The van der Waals surface area contributed by atoms with Crippen LogP contribution < -0.4 is 5.32 Å². The van der Waals surface area contributed by atoms with E-state index in [1.807, 2.05) is 12.4 Å². The molecule has 3 aliphatic rings. The maximum absolute atomic E-state index is 4.58. The first-order valence-corrected chi connectivity index (χ1v) is 9.02. The highest BCUT2D eigenvalue weighted by molar-refractivity contribution is 5.63. The normalized spacial score (nSPS) is 28.8. The molecule has 3 fully saturated rings. The molecular weight excluding hydrogens is 296 g/mol. The van der Waals surface area contributed by atoms with E-state index in [4.69, 9.17) is 0 Å². The summed E-state index contributed by atoms with van der Waals surface area (Å²) in [5.41, 5.74) is 4.87. The summed E-state index contributed by atoms with van der Waals surface area (Å²) in [5, 5.41) is 3.60. The van der Waals surface area contributed by atoms with E-state index in [2.05, 4.69) is 59.2 Å². The van der Waals surface area contributed by atoms with E-state index in [-0.39, 0.29) is 0 Å². The highest BCUT2D eigenvalue weighted by Crippen LogP contribution is 2.33. The van der Waals surface area contributed by atoms with Gasteiger partial charge in [-0.3, -0.25) is 4.90 Å². The van der Waals surface area contributed by atoms with E-state index in [0.717, 1.165) is 17.4 Å². The Morgan fingerprint density at radius 3 is 2.33 bits per heavy atom. The topological polar surface area (TPSA) is 41.1 Å². The molecule has 4 nitrogen and oxygen atoms in total. The molecule has 4 heterocycles. The lowest BCUT2D eigenvalue weighted by Gasteiger charge is -2.49. The second-order valence-corrected chi connectivity index (χ2v) is 7.38. The summed E-state index contributed by atoms with van der Waals surface area (Å²) in [6, 6.07) is 7.55. The molecule has 2 bridgehead atoms. The molecule has 2 aromatic rings. The molecule has 2 atom stereocenters. The number of hydrogen-bond acceptors (Lipinski definition) is 4. The van der Waals surface area contributed by atoms with Crippen LogP contribution in [-0.2, 0) is 0 Å². The average Bonchev–Trinajstić information content (AvgIpc) is 2.61. The van der Waals surface area contributed by atoms with E-state index in [1.54, 1.807) is 0 Å². The third kappa shape index (κ3) is 2.80. The predicted octanol–water partition coefficient (Wildman–Crippen LogP) is 3.66. The number of aromatic nitrogens is 2. The lowest BCUT2D eigenvalue weighted by molar-refractivity contribution is 0.0455. The van der Waals surface area contributed by atoms with Gasteiger partial charge >= 0.3 is 0 Å². The average molecular weight is 322 g/mol. The second kappa shape index (κ2) is 6.17. The van der Waals surface area contributed by atoms with Gasteiger partial charge in [-0.05, 0) is 69.3 Å². The summed E-state index contributed by atoms with van der Waals surface area (Å²) in [5.74, 6) is 1.52. The Morgan fingerprint density at radius 2 is 1.71 bits per heavy atom. The third-order valence-corrected chi connectivity index (χ3v) is 5.97. The first kappa shape index (κ1) is 15.6. The highest BCUT2D eigenvalue weighted by atomic mass is 15.2. The first-order chi connectivity index (χ1) is 11.6. The molecule has 0 amide bonds. The first-order valence-electron chi connectivity index (χ1n) is 9.02. The smallest absolute Gasteiger partial charge is 0.222 e. The third-order valence-electron chi connectivity index (χ3n) is 5.97. The molecular formula is C20H26N4. The van der Waals surface area contributed by atoms with Gasteiger partial charge in [0, 0.05) is 30.0 Å². The number of aryl methyl sites for hydroxylation is 2. The van der Waals surface area contributed by atoms with Gasteiger partial charge in [-0.2, -0.15) is 0 Å². The van der Waals surface area contributed by atoms with E-state index in [0.29, 0.717) is 12.1 Å². The monoisotopic (exact) mass is 322 g/mol. The van der Waals surface area contributed by atoms with Crippen LogP contribution in [0.3, 0.4) is 0 Å². The zero-order valence-electron chi connectivity index (χ0n) is 14.8. The van der Waals surface area contributed by atoms with Crippen LogP contribution in [0.4, 0.5) is 5.95 Å². The Morgan fingerprint density at radius 1 is 1.00 bits per heavy atom. The van der Waals surface area contributed by atoms with E-state index < -0.39 is 0 Å². The summed E-state index contributed by atoms with van der Waals surface area (Å²) in [6.07, 6.45) is 6.46. The number of hydrogen-bond donors (Lipinski definition) is 1. The van der Waals surface area contributed by atoms with Crippen molar-refractivity contribution in [2.24, 2.45) is 5.92 Å². The van der Waals surface area contributed by atoms with Gasteiger partial charge in [-0.25, -0.2) is 9.97 Å². The quantitative estimate of drug-likeness (QED) is 0.936. The fraction of sp³-hybridized carbons (Fsp3) is 0.500. The maximum Gasteiger partial charge on any atom is 0.222 e. The minimum atomic E-state index is 0.472. The van der Waals surface area contributed by atoms with E-state index in [1.165, 1.54) is 42.6 Å². The van der Waals surface area contributed by atoms with Crippen LogP contribution in [-0.4, -0.2) is 40.0 Å². The number of anilines is 1. The summed E-state index contributed by atoms with van der Waals surface area (Å²) in [4.78, 5) is 11.7. The standard InChI is InChI=1S/C20H26N4/c1-13-4-5-17(10-14(13)2)18-11-21-20(22-12-18)23-19-15(3)24-8-6-16(19)7-9-24/h4-5,10-12,15-16,19H,6-9H2,1-3H3,(H,21,22,23). The Labute approximate surface area is 144 Å². The molecule has 3 aliphatic heterocycles. The van der Waals surface area contributed by atoms with Gasteiger partial charge < -0.3 is 5.32 Å². The maximum atomic E-state index is 4.58. The largest absolute Gasteiger partial charge is 0.350 e. The highest BCUT2D eigenvalue weighted by Gasteiger charge is 2.39. The zero-order chi connectivity index (χ0) is 16.7. The van der Waals surface area contributed by atoms with Crippen molar-refractivity contribution in [3.8, 4) is 11.1 Å².